The van der Waals surface area contributed by atoms with E-state index in [0.29, 0.717) is 0 Å². The van der Waals surface area contributed by atoms with Crippen LogP contribution in [0.4, 0.5) is 13.2 Å². The molecule has 0 radical (unpaired) electrons. The van der Waals surface area contributed by atoms with Crippen molar-refractivity contribution in [2.24, 2.45) is 0 Å². The molecule has 1 atom stereocenters. The van der Waals surface area contributed by atoms with Gasteiger partial charge in [-0.1, -0.05) is 6.07 Å². The van der Waals surface area contributed by atoms with Gasteiger partial charge in [0.25, 0.3) is 5.91 Å². The van der Waals surface area contributed by atoms with Gasteiger partial charge in [0, 0.05) is 6.20 Å². The molecule has 2 rings (SSSR count). The Bertz CT molecular complexity index is 540. The van der Waals surface area contributed by atoms with Crippen molar-refractivity contribution in [1.82, 2.24) is 25.7 Å². The maximum absolute atomic E-state index is 12.9. The molecular formula is C10H8F3N5O. The molecule has 1 amide bonds. The highest BCUT2D eigenvalue weighted by atomic mass is 19.4. The zero-order valence-corrected chi connectivity index (χ0v) is 9.35. The van der Waals surface area contributed by atoms with E-state index in [4.69, 9.17) is 0 Å². The maximum Gasteiger partial charge on any atom is 0.414 e. The number of carbonyl (C=O) groups excluding carboxylic acids is 1. The molecule has 0 saturated carbocycles. The summed E-state index contributed by atoms with van der Waals surface area (Å²) in [6.45, 7) is 0. The molecule has 2 N–H and O–H groups in total. The number of nitrogens with one attached hydrogen (secondary N) is 2. The van der Waals surface area contributed by atoms with Gasteiger partial charge in [0.15, 0.2) is 11.7 Å². The monoisotopic (exact) mass is 271 g/mol. The van der Waals surface area contributed by atoms with Crippen LogP contribution in [0.2, 0.25) is 0 Å². The third kappa shape index (κ3) is 3.06. The van der Waals surface area contributed by atoms with Crippen LogP contribution in [-0.4, -0.2) is 32.5 Å². The maximum atomic E-state index is 12.9. The first-order valence-corrected chi connectivity index (χ1v) is 5.13. The molecule has 0 unspecified atom stereocenters. The average Bonchev–Trinajstić information content (AvgIpc) is 2.89. The summed E-state index contributed by atoms with van der Waals surface area (Å²) in [6.07, 6.45) is -2.41. The van der Waals surface area contributed by atoms with E-state index in [1.165, 1.54) is 24.4 Å². The van der Waals surface area contributed by atoms with Gasteiger partial charge in [0.05, 0.1) is 11.9 Å². The number of nitrogens with zero attached hydrogens (tertiary/aromatic N) is 3. The lowest BCUT2D eigenvalue weighted by Gasteiger charge is -2.20. The van der Waals surface area contributed by atoms with Gasteiger partial charge < -0.3 is 5.32 Å². The molecule has 100 valence electrons. The molecule has 2 heterocycles. The highest BCUT2D eigenvalue weighted by molar-refractivity contribution is 5.92. The normalized spacial score (nSPS) is 13.0. The van der Waals surface area contributed by atoms with Crippen molar-refractivity contribution in [1.29, 1.82) is 0 Å². The predicted molar refractivity (Wildman–Crippen MR) is 56.9 cm³/mol. The molecule has 0 aliphatic rings. The van der Waals surface area contributed by atoms with Crippen molar-refractivity contribution in [3.63, 3.8) is 0 Å². The molecule has 2 aromatic rings. The van der Waals surface area contributed by atoms with Crippen LogP contribution >= 0.6 is 0 Å². The minimum Gasteiger partial charge on any atom is -0.334 e. The van der Waals surface area contributed by atoms with Crippen molar-refractivity contribution >= 4 is 5.91 Å². The second-order valence-electron chi connectivity index (χ2n) is 3.56. The Morgan fingerprint density at radius 2 is 2.16 bits per heavy atom. The molecule has 0 aliphatic heterocycles. The SMILES string of the molecule is O=C(N[C@H](c1ccccn1)C(F)(F)F)c1cn[nH]n1. The quantitative estimate of drug-likeness (QED) is 0.879. The number of carbonyl (C=O) groups is 1. The summed E-state index contributed by atoms with van der Waals surface area (Å²) >= 11 is 0. The van der Waals surface area contributed by atoms with Crippen LogP contribution in [0.3, 0.4) is 0 Å². The molecule has 6 nitrogen and oxygen atoms in total. The van der Waals surface area contributed by atoms with Gasteiger partial charge in [-0.3, -0.25) is 9.78 Å². The Kier molecular flexibility index (Phi) is 3.45. The van der Waals surface area contributed by atoms with Crippen molar-refractivity contribution in [2.45, 2.75) is 12.2 Å². The topological polar surface area (TPSA) is 83.6 Å². The Labute approximate surface area is 105 Å². The lowest BCUT2D eigenvalue weighted by Crippen LogP contribution is -2.38. The molecule has 9 heteroatoms. The molecule has 0 bridgehead atoms. The van der Waals surface area contributed by atoms with Gasteiger partial charge >= 0.3 is 6.18 Å². The lowest BCUT2D eigenvalue weighted by molar-refractivity contribution is -0.156. The van der Waals surface area contributed by atoms with Gasteiger partial charge in [0.2, 0.25) is 0 Å². The minimum atomic E-state index is -4.66. The van der Waals surface area contributed by atoms with Crippen LogP contribution in [0.15, 0.2) is 30.6 Å². The van der Waals surface area contributed by atoms with Crippen molar-refractivity contribution < 1.29 is 18.0 Å². The summed E-state index contributed by atoms with van der Waals surface area (Å²) in [5.74, 6) is -0.985. The number of H-pyrrole nitrogens is 1. The van der Waals surface area contributed by atoms with Crippen LogP contribution in [0.1, 0.15) is 22.2 Å². The molecule has 0 saturated heterocycles. The van der Waals surface area contributed by atoms with Crippen molar-refractivity contribution in [2.75, 3.05) is 0 Å². The fraction of sp³-hybridized carbons (Fsp3) is 0.200. The van der Waals surface area contributed by atoms with Gasteiger partial charge in [-0.15, -0.1) is 0 Å². The van der Waals surface area contributed by atoms with Crippen LogP contribution in [0, 0.1) is 0 Å². The van der Waals surface area contributed by atoms with E-state index in [1.54, 1.807) is 0 Å². The summed E-state index contributed by atoms with van der Waals surface area (Å²) < 4.78 is 38.7. The van der Waals surface area contributed by atoms with E-state index < -0.39 is 18.1 Å². The van der Waals surface area contributed by atoms with Gasteiger partial charge in [0.1, 0.15) is 0 Å². The van der Waals surface area contributed by atoms with Gasteiger partial charge in [-0.25, -0.2) is 0 Å². The lowest BCUT2D eigenvalue weighted by atomic mass is 10.1. The number of rotatable bonds is 3. The van der Waals surface area contributed by atoms with Crippen LogP contribution in [-0.2, 0) is 0 Å². The summed E-state index contributed by atoms with van der Waals surface area (Å²) in [4.78, 5) is 15.2. The Balaban J connectivity index is 2.23. The number of hydrogen-bond acceptors (Lipinski definition) is 4. The molecular weight excluding hydrogens is 263 g/mol. The van der Waals surface area contributed by atoms with E-state index in [-0.39, 0.29) is 11.4 Å². The molecule has 2 aromatic heterocycles. The van der Waals surface area contributed by atoms with E-state index in [0.717, 1.165) is 6.20 Å². The number of alkyl halides is 3. The number of aromatic amines is 1. The summed E-state index contributed by atoms with van der Waals surface area (Å²) in [5.41, 5.74) is -0.531. The fourth-order valence-electron chi connectivity index (χ4n) is 1.39. The Morgan fingerprint density at radius 3 is 2.68 bits per heavy atom. The zero-order valence-electron chi connectivity index (χ0n) is 9.35. The molecule has 0 aromatic carbocycles. The highest BCUT2D eigenvalue weighted by Crippen LogP contribution is 2.31. The first kappa shape index (κ1) is 13.0. The minimum absolute atomic E-state index is 0.231. The molecule has 0 aliphatic carbocycles. The van der Waals surface area contributed by atoms with Crippen molar-refractivity contribution in [3.05, 3.63) is 42.0 Å². The first-order valence-electron chi connectivity index (χ1n) is 5.13. The standard InChI is InChI=1S/C10H8F3N5O/c11-10(12,13)8(6-3-1-2-4-14-6)16-9(19)7-5-15-18-17-7/h1-5,8H,(H,16,19)(H,15,17,18)/t8-/m1/s1. The highest BCUT2D eigenvalue weighted by Gasteiger charge is 2.43. The number of pyridine rings is 1. The fourth-order valence-corrected chi connectivity index (χ4v) is 1.39. The van der Waals surface area contributed by atoms with Gasteiger partial charge in [-0.05, 0) is 12.1 Å². The second-order valence-corrected chi connectivity index (χ2v) is 3.56. The summed E-state index contributed by atoms with van der Waals surface area (Å²) in [6, 6.07) is 1.87. The molecule has 0 spiro atoms. The Morgan fingerprint density at radius 1 is 1.37 bits per heavy atom. The van der Waals surface area contributed by atoms with E-state index >= 15 is 0 Å². The average molecular weight is 271 g/mol. The number of aromatic nitrogens is 4. The second kappa shape index (κ2) is 5.04. The van der Waals surface area contributed by atoms with Crippen molar-refractivity contribution in [3.8, 4) is 0 Å². The zero-order chi connectivity index (χ0) is 13.9. The van der Waals surface area contributed by atoms with E-state index in [2.05, 4.69) is 20.4 Å². The number of amides is 1. The summed E-state index contributed by atoms with van der Waals surface area (Å²) in [5, 5.41) is 10.7. The Hall–Kier alpha value is -2.45. The number of halogens is 3. The smallest absolute Gasteiger partial charge is 0.334 e. The van der Waals surface area contributed by atoms with Crippen LogP contribution in [0.25, 0.3) is 0 Å². The largest absolute Gasteiger partial charge is 0.414 e. The molecule has 0 fully saturated rings. The van der Waals surface area contributed by atoms with E-state index in [1.807, 2.05) is 5.32 Å². The number of hydrogen-bond donors (Lipinski definition) is 2. The molecule has 19 heavy (non-hydrogen) atoms. The summed E-state index contributed by atoms with van der Waals surface area (Å²) in [7, 11) is 0. The predicted octanol–water partition coefficient (Wildman–Crippen LogP) is 1.23. The third-order valence-electron chi connectivity index (χ3n) is 2.23. The van der Waals surface area contributed by atoms with Crippen LogP contribution in [0.5, 0.6) is 0 Å². The first-order chi connectivity index (χ1) is 8.98. The third-order valence-corrected chi connectivity index (χ3v) is 2.23. The van der Waals surface area contributed by atoms with Gasteiger partial charge in [-0.2, -0.15) is 28.6 Å². The van der Waals surface area contributed by atoms with Crippen LogP contribution < -0.4 is 5.32 Å². The van der Waals surface area contributed by atoms with E-state index in [9.17, 15) is 18.0 Å².